The number of nitro groups is 1. The van der Waals surface area contributed by atoms with Gasteiger partial charge in [-0.25, -0.2) is 0 Å². The Morgan fingerprint density at radius 2 is 1.93 bits per heavy atom. The van der Waals surface area contributed by atoms with Gasteiger partial charge in [0.1, 0.15) is 5.78 Å². The van der Waals surface area contributed by atoms with E-state index < -0.39 is 40.8 Å². The fourth-order valence-corrected chi connectivity index (χ4v) is 3.85. The Morgan fingerprint density at radius 3 is 2.56 bits per heavy atom. The molecule has 0 heterocycles. The Balaban J connectivity index is 1.52. The summed E-state index contributed by atoms with van der Waals surface area (Å²) in [6.45, 7) is -0.552. The lowest BCUT2D eigenvalue weighted by molar-refractivity contribution is -0.387. The SMILES string of the molecule is O=C(COC(=O)C1C[C@@H]2CCC[C@@H](C1)C2=O)Nc1ccc(F)c([N+](=O)[O-])c1. The molecule has 1 aromatic carbocycles. The minimum atomic E-state index is -1.01. The highest BCUT2D eigenvalue weighted by molar-refractivity contribution is 5.93. The van der Waals surface area contributed by atoms with Gasteiger partial charge in [0.05, 0.1) is 10.8 Å². The van der Waals surface area contributed by atoms with Crippen LogP contribution < -0.4 is 5.32 Å². The van der Waals surface area contributed by atoms with E-state index in [0.717, 1.165) is 31.4 Å². The van der Waals surface area contributed by atoms with Gasteiger partial charge in [-0.05, 0) is 37.8 Å². The maximum absolute atomic E-state index is 13.3. The van der Waals surface area contributed by atoms with Crippen molar-refractivity contribution < 1.29 is 28.4 Å². The first-order valence-corrected chi connectivity index (χ1v) is 8.79. The number of amides is 1. The Hall–Kier alpha value is -2.84. The van der Waals surface area contributed by atoms with Crippen molar-refractivity contribution in [3.8, 4) is 0 Å². The third-order valence-electron chi connectivity index (χ3n) is 5.15. The molecule has 3 rings (SSSR count). The maximum Gasteiger partial charge on any atom is 0.309 e. The van der Waals surface area contributed by atoms with Gasteiger partial charge >= 0.3 is 11.7 Å². The molecule has 2 aliphatic carbocycles. The van der Waals surface area contributed by atoms with E-state index in [1.807, 2.05) is 0 Å². The van der Waals surface area contributed by atoms with Crippen LogP contribution in [0.4, 0.5) is 15.8 Å². The smallest absolute Gasteiger partial charge is 0.309 e. The largest absolute Gasteiger partial charge is 0.455 e. The average Bonchev–Trinajstić information content (AvgIpc) is 2.61. The zero-order chi connectivity index (χ0) is 19.6. The fraction of sp³-hybridized carbons (Fsp3) is 0.500. The zero-order valence-electron chi connectivity index (χ0n) is 14.5. The van der Waals surface area contributed by atoms with E-state index >= 15 is 0 Å². The monoisotopic (exact) mass is 378 g/mol. The number of nitrogens with one attached hydrogen (secondary N) is 1. The second-order valence-corrected chi connectivity index (χ2v) is 6.97. The number of rotatable bonds is 5. The minimum absolute atomic E-state index is 0.0296. The van der Waals surface area contributed by atoms with Gasteiger partial charge in [-0.2, -0.15) is 4.39 Å². The first-order chi connectivity index (χ1) is 12.8. The molecular formula is C18H19FN2O6. The number of benzene rings is 1. The number of nitro benzene ring substituents is 1. The summed E-state index contributed by atoms with van der Waals surface area (Å²) in [4.78, 5) is 46.0. The van der Waals surface area contributed by atoms with E-state index in [4.69, 9.17) is 4.74 Å². The first-order valence-electron chi connectivity index (χ1n) is 8.79. The van der Waals surface area contributed by atoms with E-state index in [2.05, 4.69) is 5.32 Å². The molecule has 0 aromatic heterocycles. The third kappa shape index (κ3) is 4.29. The van der Waals surface area contributed by atoms with Crippen LogP contribution in [0.5, 0.6) is 0 Å². The summed E-state index contributed by atoms with van der Waals surface area (Å²) in [6, 6.07) is 2.94. The van der Waals surface area contributed by atoms with E-state index in [1.165, 1.54) is 6.07 Å². The molecule has 0 aliphatic heterocycles. The normalized spacial score (nSPS) is 24.2. The van der Waals surface area contributed by atoms with Crippen molar-refractivity contribution >= 4 is 29.0 Å². The number of Topliss-reactive ketones (excluding diaryl/α,β-unsaturated/α-hetero) is 1. The number of halogens is 1. The summed E-state index contributed by atoms with van der Waals surface area (Å²) < 4.78 is 18.3. The number of esters is 1. The van der Waals surface area contributed by atoms with Crippen molar-refractivity contribution in [2.75, 3.05) is 11.9 Å². The zero-order valence-corrected chi connectivity index (χ0v) is 14.5. The molecule has 8 nitrogen and oxygen atoms in total. The quantitative estimate of drug-likeness (QED) is 0.478. The molecule has 1 amide bonds. The van der Waals surface area contributed by atoms with Crippen molar-refractivity contribution in [3.63, 3.8) is 0 Å². The second-order valence-electron chi connectivity index (χ2n) is 6.97. The molecule has 0 unspecified atom stereocenters. The summed E-state index contributed by atoms with van der Waals surface area (Å²) >= 11 is 0. The van der Waals surface area contributed by atoms with Crippen molar-refractivity contribution in [3.05, 3.63) is 34.1 Å². The number of fused-ring (bicyclic) bond motifs is 2. The summed E-state index contributed by atoms with van der Waals surface area (Å²) in [5.74, 6) is -2.55. The van der Waals surface area contributed by atoms with Crippen LogP contribution in [-0.2, 0) is 19.1 Å². The van der Waals surface area contributed by atoms with E-state index in [1.54, 1.807) is 0 Å². The van der Waals surface area contributed by atoms with Crippen molar-refractivity contribution in [1.82, 2.24) is 0 Å². The summed E-state index contributed by atoms with van der Waals surface area (Å²) in [7, 11) is 0. The molecule has 2 fully saturated rings. The molecule has 144 valence electrons. The van der Waals surface area contributed by atoms with Crippen LogP contribution in [-0.4, -0.2) is 29.2 Å². The topological polar surface area (TPSA) is 116 Å². The Bertz CT molecular complexity index is 780. The Morgan fingerprint density at radius 1 is 1.26 bits per heavy atom. The predicted molar refractivity (Wildman–Crippen MR) is 91.2 cm³/mol. The van der Waals surface area contributed by atoms with Crippen molar-refractivity contribution in [2.45, 2.75) is 32.1 Å². The van der Waals surface area contributed by atoms with E-state index in [-0.39, 0.29) is 23.3 Å². The van der Waals surface area contributed by atoms with Crippen molar-refractivity contribution in [1.29, 1.82) is 0 Å². The van der Waals surface area contributed by atoms with E-state index in [9.17, 15) is 28.9 Å². The molecular weight excluding hydrogens is 359 g/mol. The Kier molecular flexibility index (Phi) is 5.48. The molecule has 2 atom stereocenters. The number of ether oxygens (including phenoxy) is 1. The summed E-state index contributed by atoms with van der Waals surface area (Å²) in [5.41, 5.74) is -0.731. The van der Waals surface area contributed by atoms with Gasteiger partial charge in [-0.1, -0.05) is 6.42 Å². The maximum atomic E-state index is 13.3. The molecule has 2 saturated carbocycles. The van der Waals surface area contributed by atoms with Crippen molar-refractivity contribution in [2.24, 2.45) is 17.8 Å². The van der Waals surface area contributed by atoms with Crippen LogP contribution in [0.25, 0.3) is 0 Å². The van der Waals surface area contributed by atoms with E-state index in [0.29, 0.717) is 12.8 Å². The molecule has 0 spiro atoms. The van der Waals surface area contributed by atoms with Gasteiger partial charge in [-0.3, -0.25) is 24.5 Å². The molecule has 27 heavy (non-hydrogen) atoms. The highest BCUT2D eigenvalue weighted by Crippen LogP contribution is 2.40. The number of carbonyl (C=O) groups excluding carboxylic acids is 3. The van der Waals surface area contributed by atoms with Crippen LogP contribution in [0.15, 0.2) is 18.2 Å². The molecule has 2 bridgehead atoms. The molecule has 0 radical (unpaired) electrons. The number of ketones is 1. The van der Waals surface area contributed by atoms with Crippen LogP contribution >= 0.6 is 0 Å². The van der Waals surface area contributed by atoms with Crippen LogP contribution in [0, 0.1) is 33.7 Å². The van der Waals surface area contributed by atoms with Gasteiger partial charge in [0.2, 0.25) is 5.82 Å². The molecule has 0 saturated heterocycles. The third-order valence-corrected chi connectivity index (χ3v) is 5.15. The van der Waals surface area contributed by atoms with Gasteiger partial charge < -0.3 is 10.1 Å². The van der Waals surface area contributed by atoms with Crippen LogP contribution in [0.2, 0.25) is 0 Å². The summed E-state index contributed by atoms with van der Waals surface area (Å²) in [6.07, 6.45) is 3.50. The molecule has 9 heteroatoms. The first kappa shape index (κ1) is 18.9. The Labute approximate surface area is 154 Å². The molecule has 1 N–H and O–H groups in total. The number of nitrogens with zero attached hydrogens (tertiary/aromatic N) is 1. The molecule has 2 aliphatic rings. The number of hydrogen-bond donors (Lipinski definition) is 1. The van der Waals surface area contributed by atoms with Crippen LogP contribution in [0.1, 0.15) is 32.1 Å². The highest BCUT2D eigenvalue weighted by Gasteiger charge is 2.41. The fourth-order valence-electron chi connectivity index (χ4n) is 3.85. The standard InChI is InChI=1S/C18H19FN2O6/c19-14-5-4-13(8-15(14)21(25)26)20-16(22)9-27-18(24)12-6-10-2-1-3-11(7-12)17(10)23/h4-5,8,10-12H,1-3,6-7,9H2,(H,20,22)/t10-,11-/m0/s1. The number of hydrogen-bond acceptors (Lipinski definition) is 6. The van der Waals surface area contributed by atoms with Crippen LogP contribution in [0.3, 0.4) is 0 Å². The number of carbonyl (C=O) groups is 3. The lowest BCUT2D eigenvalue weighted by Gasteiger charge is -2.36. The predicted octanol–water partition coefficient (Wildman–Crippen LogP) is 2.61. The average molecular weight is 378 g/mol. The lowest BCUT2D eigenvalue weighted by atomic mass is 9.67. The second kappa shape index (κ2) is 7.81. The van der Waals surface area contributed by atoms with Gasteiger partial charge in [-0.15, -0.1) is 0 Å². The molecule has 1 aromatic rings. The number of anilines is 1. The van der Waals surface area contributed by atoms with Gasteiger partial charge in [0.15, 0.2) is 6.61 Å². The van der Waals surface area contributed by atoms with Gasteiger partial charge in [0, 0.05) is 23.6 Å². The summed E-state index contributed by atoms with van der Waals surface area (Å²) in [5, 5.41) is 13.0. The van der Waals surface area contributed by atoms with Gasteiger partial charge in [0.25, 0.3) is 5.91 Å². The highest BCUT2D eigenvalue weighted by atomic mass is 19.1. The lowest BCUT2D eigenvalue weighted by Crippen LogP contribution is -2.40. The minimum Gasteiger partial charge on any atom is -0.455 e.